The fourth-order valence-electron chi connectivity index (χ4n) is 1.31. The van der Waals surface area contributed by atoms with Gasteiger partial charge >= 0.3 is 0 Å². The van der Waals surface area contributed by atoms with Crippen molar-refractivity contribution in [2.24, 2.45) is 5.73 Å². The van der Waals surface area contributed by atoms with Crippen LogP contribution in [0, 0.1) is 0 Å². The van der Waals surface area contributed by atoms with Crippen molar-refractivity contribution in [3.8, 4) is 5.88 Å². The van der Waals surface area contributed by atoms with E-state index in [2.05, 4.69) is 10.3 Å². The van der Waals surface area contributed by atoms with Crippen LogP contribution in [0.5, 0.6) is 5.88 Å². The Morgan fingerprint density at radius 2 is 2.40 bits per heavy atom. The predicted octanol–water partition coefficient (Wildman–Crippen LogP) is 1.73. The van der Waals surface area contributed by atoms with Crippen LogP contribution in [0.25, 0.3) is 0 Å². The van der Waals surface area contributed by atoms with Gasteiger partial charge in [0.1, 0.15) is 11.6 Å². The number of pyridine rings is 1. The number of ether oxygens (including phenoxy) is 1. The molecule has 114 valence electrons. The van der Waals surface area contributed by atoms with Gasteiger partial charge in [-0.15, -0.1) is 12.4 Å². The summed E-state index contributed by atoms with van der Waals surface area (Å²) < 4.78 is 5.35. The highest BCUT2D eigenvalue weighted by atomic mass is 35.5. The van der Waals surface area contributed by atoms with E-state index in [0.717, 1.165) is 5.75 Å². The smallest absolute Gasteiger partial charge is 0.237 e. The van der Waals surface area contributed by atoms with Gasteiger partial charge in [0.25, 0.3) is 0 Å². The molecule has 0 saturated carbocycles. The molecule has 5 nitrogen and oxygen atoms in total. The van der Waals surface area contributed by atoms with Crippen LogP contribution in [0.1, 0.15) is 6.42 Å². The van der Waals surface area contributed by atoms with Gasteiger partial charge in [-0.05, 0) is 30.6 Å². The summed E-state index contributed by atoms with van der Waals surface area (Å²) in [4.78, 5) is 15.6. The van der Waals surface area contributed by atoms with Crippen molar-refractivity contribution in [3.63, 3.8) is 0 Å². The molecule has 20 heavy (non-hydrogen) atoms. The van der Waals surface area contributed by atoms with Gasteiger partial charge in [-0.2, -0.15) is 11.8 Å². The lowest BCUT2D eigenvalue weighted by Gasteiger charge is -2.12. The number of aromatic nitrogens is 1. The quantitative estimate of drug-likeness (QED) is 0.705. The van der Waals surface area contributed by atoms with Crippen molar-refractivity contribution in [1.82, 2.24) is 10.3 Å². The zero-order chi connectivity index (χ0) is 14.1. The number of carbonyl (C=O) groups is 1. The Morgan fingerprint density at radius 1 is 1.65 bits per heavy atom. The number of nitrogens with two attached hydrogens (primary N) is 1. The number of halogens is 2. The van der Waals surface area contributed by atoms with Crippen molar-refractivity contribution in [3.05, 3.63) is 23.4 Å². The van der Waals surface area contributed by atoms with E-state index < -0.39 is 6.04 Å². The van der Waals surface area contributed by atoms with Gasteiger partial charge in [0.15, 0.2) is 0 Å². The first-order valence-electron chi connectivity index (χ1n) is 5.90. The van der Waals surface area contributed by atoms with Gasteiger partial charge in [-0.3, -0.25) is 4.79 Å². The largest absolute Gasteiger partial charge is 0.475 e. The summed E-state index contributed by atoms with van der Waals surface area (Å²) in [6.07, 6.45) is 4.24. The summed E-state index contributed by atoms with van der Waals surface area (Å²) in [5.41, 5.74) is 5.72. The Hall–Kier alpha value is -0.690. The zero-order valence-corrected chi connectivity index (χ0v) is 13.6. The first kappa shape index (κ1) is 19.3. The Morgan fingerprint density at radius 3 is 3.05 bits per heavy atom. The Kier molecular flexibility index (Phi) is 10.6. The van der Waals surface area contributed by atoms with Crippen LogP contribution in [0.3, 0.4) is 0 Å². The van der Waals surface area contributed by atoms with Gasteiger partial charge in [0.05, 0.1) is 12.6 Å². The molecule has 1 aromatic rings. The van der Waals surface area contributed by atoms with Gasteiger partial charge in [-0.25, -0.2) is 4.98 Å². The second-order valence-corrected chi connectivity index (χ2v) is 5.21. The van der Waals surface area contributed by atoms with Crippen molar-refractivity contribution in [2.45, 2.75) is 12.5 Å². The van der Waals surface area contributed by atoms with E-state index in [1.165, 1.54) is 0 Å². The summed E-state index contributed by atoms with van der Waals surface area (Å²) in [5, 5.41) is 3.16. The summed E-state index contributed by atoms with van der Waals surface area (Å²) in [7, 11) is 0. The van der Waals surface area contributed by atoms with Crippen LogP contribution in [0.4, 0.5) is 0 Å². The minimum absolute atomic E-state index is 0. The Balaban J connectivity index is 0.00000361. The molecule has 0 bridgehead atoms. The molecule has 1 atom stereocenters. The minimum atomic E-state index is -0.467. The molecule has 0 aromatic carbocycles. The molecule has 0 radical (unpaired) electrons. The van der Waals surface area contributed by atoms with Crippen molar-refractivity contribution >= 4 is 41.7 Å². The molecule has 1 heterocycles. The van der Waals surface area contributed by atoms with Crippen molar-refractivity contribution in [2.75, 3.05) is 25.2 Å². The van der Waals surface area contributed by atoms with Crippen LogP contribution in [-0.4, -0.2) is 42.1 Å². The molecule has 0 saturated heterocycles. The number of nitrogens with one attached hydrogen (secondary N) is 1. The molecule has 1 aromatic heterocycles. The number of hydrogen-bond donors (Lipinski definition) is 2. The highest BCUT2D eigenvalue weighted by Gasteiger charge is 2.12. The zero-order valence-electron chi connectivity index (χ0n) is 11.2. The Bertz CT molecular complexity index is 410. The highest BCUT2D eigenvalue weighted by molar-refractivity contribution is 7.98. The lowest BCUT2D eigenvalue weighted by molar-refractivity contribution is -0.122. The second kappa shape index (κ2) is 11.0. The van der Waals surface area contributed by atoms with E-state index >= 15 is 0 Å². The molecule has 3 N–H and O–H groups in total. The molecular formula is C12H19Cl2N3O2S. The first-order valence-corrected chi connectivity index (χ1v) is 7.68. The molecule has 0 spiro atoms. The van der Waals surface area contributed by atoms with Gasteiger partial charge in [0, 0.05) is 6.20 Å². The number of thioether (sulfide) groups is 1. The summed E-state index contributed by atoms with van der Waals surface area (Å²) >= 11 is 7.54. The second-order valence-electron chi connectivity index (χ2n) is 3.82. The number of nitrogens with zero attached hydrogens (tertiary/aromatic N) is 1. The first-order chi connectivity index (χ1) is 9.15. The number of amides is 1. The molecule has 0 unspecified atom stereocenters. The van der Waals surface area contributed by atoms with E-state index in [1.807, 2.05) is 6.26 Å². The number of hydrogen-bond acceptors (Lipinski definition) is 5. The van der Waals surface area contributed by atoms with Crippen LogP contribution < -0.4 is 15.8 Å². The van der Waals surface area contributed by atoms with Crippen molar-refractivity contribution < 1.29 is 9.53 Å². The monoisotopic (exact) mass is 339 g/mol. The van der Waals surface area contributed by atoms with Crippen LogP contribution in [0.2, 0.25) is 5.02 Å². The van der Waals surface area contributed by atoms with E-state index in [-0.39, 0.29) is 18.3 Å². The third-order valence-corrected chi connectivity index (χ3v) is 3.27. The topological polar surface area (TPSA) is 77.2 Å². The molecule has 1 amide bonds. The molecular weight excluding hydrogens is 321 g/mol. The average Bonchev–Trinajstić information content (AvgIpc) is 2.42. The summed E-state index contributed by atoms with van der Waals surface area (Å²) in [6, 6.07) is 2.95. The molecule has 1 rings (SSSR count). The van der Waals surface area contributed by atoms with Crippen LogP contribution in [-0.2, 0) is 4.79 Å². The van der Waals surface area contributed by atoms with E-state index in [9.17, 15) is 4.79 Å². The maximum atomic E-state index is 11.6. The van der Waals surface area contributed by atoms with Crippen LogP contribution in [0.15, 0.2) is 18.3 Å². The normalized spacial score (nSPS) is 11.3. The van der Waals surface area contributed by atoms with E-state index in [1.54, 1.807) is 30.1 Å². The maximum Gasteiger partial charge on any atom is 0.237 e. The van der Waals surface area contributed by atoms with E-state index in [4.69, 9.17) is 22.1 Å². The fraction of sp³-hybridized carbons (Fsp3) is 0.500. The molecule has 0 aliphatic heterocycles. The minimum Gasteiger partial charge on any atom is -0.475 e. The van der Waals surface area contributed by atoms with Crippen LogP contribution >= 0.6 is 35.8 Å². The lowest BCUT2D eigenvalue weighted by atomic mass is 10.2. The summed E-state index contributed by atoms with van der Waals surface area (Å²) in [6.45, 7) is 0.677. The fourth-order valence-corrected chi connectivity index (χ4v) is 1.97. The number of carbonyl (C=O) groups excluding carboxylic acids is 1. The van der Waals surface area contributed by atoms with E-state index in [0.29, 0.717) is 30.5 Å². The predicted molar refractivity (Wildman–Crippen MR) is 86.0 cm³/mol. The lowest BCUT2D eigenvalue weighted by Crippen LogP contribution is -2.42. The van der Waals surface area contributed by atoms with Crippen molar-refractivity contribution in [1.29, 1.82) is 0 Å². The van der Waals surface area contributed by atoms with Gasteiger partial charge in [-0.1, -0.05) is 11.6 Å². The SMILES string of the molecule is CSCC[C@H](N)C(=O)NCCOc1ncccc1Cl.Cl. The summed E-state index contributed by atoms with van der Waals surface area (Å²) in [5.74, 6) is 1.07. The van der Waals surface area contributed by atoms with Gasteiger partial charge in [0.2, 0.25) is 11.8 Å². The molecule has 0 fully saturated rings. The highest BCUT2D eigenvalue weighted by Crippen LogP contribution is 2.19. The number of rotatable bonds is 8. The molecule has 8 heteroatoms. The Labute approximate surface area is 134 Å². The van der Waals surface area contributed by atoms with Gasteiger partial charge < -0.3 is 15.8 Å². The average molecular weight is 340 g/mol. The maximum absolute atomic E-state index is 11.6. The standard InChI is InChI=1S/C12H18ClN3O2S.ClH/c1-19-8-4-10(14)11(17)15-6-7-18-12-9(13)3-2-5-16-12;/h2-3,5,10H,4,6-8,14H2,1H3,(H,15,17);1H/t10-;/m0./s1. The molecule has 0 aliphatic carbocycles. The third-order valence-electron chi connectivity index (χ3n) is 2.33. The molecule has 0 aliphatic rings. The third kappa shape index (κ3) is 7.19.